The molecule has 1 aromatic heterocycles. The van der Waals surface area contributed by atoms with Crippen molar-refractivity contribution in [2.24, 2.45) is 5.41 Å². The van der Waals surface area contributed by atoms with Gasteiger partial charge in [-0.3, -0.25) is 14.5 Å². The van der Waals surface area contributed by atoms with Crippen molar-refractivity contribution in [3.05, 3.63) is 23.7 Å². The highest BCUT2D eigenvalue weighted by atomic mass is 16.4. The summed E-state index contributed by atoms with van der Waals surface area (Å²) in [7, 11) is 0. The molecule has 1 saturated heterocycles. The molecule has 2 heterocycles. The van der Waals surface area contributed by atoms with Crippen LogP contribution in [-0.4, -0.2) is 27.8 Å². The van der Waals surface area contributed by atoms with Gasteiger partial charge in [0.1, 0.15) is 0 Å². The number of imide groups is 1. The van der Waals surface area contributed by atoms with Gasteiger partial charge >= 0.3 is 5.97 Å². The van der Waals surface area contributed by atoms with E-state index in [2.05, 4.69) is 0 Å². The fourth-order valence-corrected chi connectivity index (χ4v) is 2.01. The summed E-state index contributed by atoms with van der Waals surface area (Å²) in [5.41, 5.74) is -0.397. The summed E-state index contributed by atoms with van der Waals surface area (Å²) in [5.74, 6) is -2.03. The molecule has 6 nitrogen and oxygen atoms in total. The first-order valence-electron chi connectivity index (χ1n) is 5.47. The maximum Gasteiger partial charge on any atom is 0.372 e. The summed E-state index contributed by atoms with van der Waals surface area (Å²) < 4.78 is 4.81. The number of likely N-dealkylation sites (tertiary alicyclic amines) is 1. The highest BCUT2D eigenvalue weighted by Gasteiger charge is 2.44. The molecular formula is C12H13NO5. The van der Waals surface area contributed by atoms with Gasteiger partial charge in [0.05, 0.1) is 18.2 Å². The molecule has 96 valence electrons. The van der Waals surface area contributed by atoms with Crippen LogP contribution in [0.25, 0.3) is 0 Å². The number of furan rings is 1. The lowest BCUT2D eigenvalue weighted by Gasteiger charge is -2.17. The molecule has 2 amide bonds. The van der Waals surface area contributed by atoms with Gasteiger partial charge in [-0.05, 0) is 6.07 Å². The third kappa shape index (κ3) is 1.90. The number of amides is 2. The molecule has 1 N–H and O–H groups in total. The Labute approximate surface area is 103 Å². The maximum absolute atomic E-state index is 12.0. The fourth-order valence-electron chi connectivity index (χ4n) is 2.01. The summed E-state index contributed by atoms with van der Waals surface area (Å²) in [6, 6.07) is 1.45. The maximum atomic E-state index is 12.0. The van der Waals surface area contributed by atoms with Gasteiger partial charge < -0.3 is 9.52 Å². The summed E-state index contributed by atoms with van der Waals surface area (Å²) in [4.78, 5) is 35.7. The van der Waals surface area contributed by atoms with Gasteiger partial charge in [0.25, 0.3) is 0 Å². The van der Waals surface area contributed by atoms with E-state index in [1.165, 1.54) is 12.3 Å². The standard InChI is InChI=1S/C12H13NO5/c1-12(2)5-8(14)13(11(12)17)6-7-3-4-18-9(7)10(15)16/h3-4H,5-6H2,1-2H3,(H,15,16). The predicted octanol–water partition coefficient (Wildman–Crippen LogP) is 1.26. The lowest BCUT2D eigenvalue weighted by molar-refractivity contribution is -0.141. The van der Waals surface area contributed by atoms with Crippen molar-refractivity contribution >= 4 is 17.8 Å². The molecule has 18 heavy (non-hydrogen) atoms. The van der Waals surface area contributed by atoms with Crippen LogP contribution in [0.15, 0.2) is 16.7 Å². The van der Waals surface area contributed by atoms with Crippen LogP contribution >= 0.6 is 0 Å². The third-order valence-corrected chi connectivity index (χ3v) is 2.99. The molecule has 0 aliphatic carbocycles. The van der Waals surface area contributed by atoms with Crippen molar-refractivity contribution in [1.29, 1.82) is 0 Å². The predicted molar refractivity (Wildman–Crippen MR) is 59.6 cm³/mol. The quantitative estimate of drug-likeness (QED) is 0.817. The molecule has 0 saturated carbocycles. The van der Waals surface area contributed by atoms with Crippen LogP contribution in [-0.2, 0) is 16.1 Å². The molecule has 0 bridgehead atoms. The van der Waals surface area contributed by atoms with Gasteiger partial charge in [-0.2, -0.15) is 0 Å². The Morgan fingerprint density at radius 1 is 1.50 bits per heavy atom. The monoisotopic (exact) mass is 251 g/mol. The smallest absolute Gasteiger partial charge is 0.372 e. The van der Waals surface area contributed by atoms with E-state index in [0.717, 1.165) is 4.90 Å². The Balaban J connectivity index is 2.25. The summed E-state index contributed by atoms with van der Waals surface area (Å²) in [5, 5.41) is 8.88. The van der Waals surface area contributed by atoms with Crippen molar-refractivity contribution in [3.8, 4) is 0 Å². The van der Waals surface area contributed by atoms with Gasteiger partial charge in [-0.1, -0.05) is 13.8 Å². The Hall–Kier alpha value is -2.11. The first-order valence-corrected chi connectivity index (χ1v) is 5.47. The van der Waals surface area contributed by atoms with E-state index >= 15 is 0 Å². The zero-order valence-electron chi connectivity index (χ0n) is 10.1. The molecule has 0 radical (unpaired) electrons. The molecule has 1 fully saturated rings. The number of hydrogen-bond acceptors (Lipinski definition) is 4. The normalized spacial score (nSPS) is 18.4. The number of carboxylic acid groups (broad SMARTS) is 1. The van der Waals surface area contributed by atoms with Crippen LogP contribution < -0.4 is 0 Å². The number of carboxylic acids is 1. The second kappa shape index (κ2) is 3.97. The zero-order chi connectivity index (χ0) is 13.5. The average Bonchev–Trinajstić information content (AvgIpc) is 2.78. The Bertz CT molecular complexity index is 528. The number of carbonyl (C=O) groups excluding carboxylic acids is 2. The SMILES string of the molecule is CC1(C)CC(=O)N(Cc2ccoc2C(=O)O)C1=O. The zero-order valence-corrected chi connectivity index (χ0v) is 10.1. The fraction of sp³-hybridized carbons (Fsp3) is 0.417. The average molecular weight is 251 g/mol. The van der Waals surface area contributed by atoms with Crippen LogP contribution in [0.2, 0.25) is 0 Å². The van der Waals surface area contributed by atoms with Crippen molar-refractivity contribution in [2.75, 3.05) is 0 Å². The highest BCUT2D eigenvalue weighted by Crippen LogP contribution is 2.33. The lowest BCUT2D eigenvalue weighted by Crippen LogP contribution is -2.32. The van der Waals surface area contributed by atoms with Gasteiger partial charge in [0.15, 0.2) is 0 Å². The number of rotatable bonds is 3. The summed E-state index contributed by atoms with van der Waals surface area (Å²) in [6.45, 7) is 3.33. The molecule has 1 aromatic rings. The minimum Gasteiger partial charge on any atom is -0.475 e. The summed E-state index contributed by atoms with van der Waals surface area (Å²) >= 11 is 0. The molecule has 6 heteroatoms. The molecule has 1 aliphatic rings. The van der Waals surface area contributed by atoms with E-state index in [0.29, 0.717) is 5.56 Å². The van der Waals surface area contributed by atoms with Crippen LogP contribution in [0.4, 0.5) is 0 Å². The Morgan fingerprint density at radius 3 is 2.67 bits per heavy atom. The van der Waals surface area contributed by atoms with Gasteiger partial charge in [-0.25, -0.2) is 4.79 Å². The minimum absolute atomic E-state index is 0.0563. The molecule has 1 aliphatic heterocycles. The molecule has 0 spiro atoms. The number of nitrogens with zero attached hydrogens (tertiary/aromatic N) is 1. The van der Waals surface area contributed by atoms with E-state index in [4.69, 9.17) is 9.52 Å². The van der Waals surface area contributed by atoms with Gasteiger partial charge in [0.2, 0.25) is 17.6 Å². The Morgan fingerprint density at radius 2 is 2.17 bits per heavy atom. The minimum atomic E-state index is -1.21. The van der Waals surface area contributed by atoms with Gasteiger partial charge in [-0.15, -0.1) is 0 Å². The Kier molecular flexibility index (Phi) is 2.73. The van der Waals surface area contributed by atoms with E-state index in [-0.39, 0.29) is 30.5 Å². The number of hydrogen-bond donors (Lipinski definition) is 1. The third-order valence-electron chi connectivity index (χ3n) is 2.99. The van der Waals surface area contributed by atoms with Crippen molar-refractivity contribution in [3.63, 3.8) is 0 Å². The van der Waals surface area contributed by atoms with Crippen LogP contribution in [0.5, 0.6) is 0 Å². The lowest BCUT2D eigenvalue weighted by atomic mass is 9.92. The first-order chi connectivity index (χ1) is 8.33. The topological polar surface area (TPSA) is 87.8 Å². The van der Waals surface area contributed by atoms with E-state index in [1.807, 2.05) is 0 Å². The van der Waals surface area contributed by atoms with Crippen molar-refractivity contribution in [1.82, 2.24) is 4.90 Å². The highest BCUT2D eigenvalue weighted by molar-refractivity contribution is 6.05. The van der Waals surface area contributed by atoms with E-state index < -0.39 is 11.4 Å². The number of carbonyl (C=O) groups is 3. The van der Waals surface area contributed by atoms with E-state index in [9.17, 15) is 14.4 Å². The molecule has 0 aromatic carbocycles. The van der Waals surface area contributed by atoms with Crippen LogP contribution in [0.3, 0.4) is 0 Å². The summed E-state index contributed by atoms with van der Waals surface area (Å²) in [6.07, 6.45) is 1.38. The molecule has 0 atom stereocenters. The van der Waals surface area contributed by atoms with Crippen LogP contribution in [0.1, 0.15) is 36.4 Å². The van der Waals surface area contributed by atoms with Crippen molar-refractivity contribution in [2.45, 2.75) is 26.8 Å². The van der Waals surface area contributed by atoms with E-state index in [1.54, 1.807) is 13.8 Å². The second-order valence-corrected chi connectivity index (χ2v) is 4.93. The van der Waals surface area contributed by atoms with Crippen LogP contribution in [0, 0.1) is 5.41 Å². The second-order valence-electron chi connectivity index (χ2n) is 4.93. The molecule has 0 unspecified atom stereocenters. The largest absolute Gasteiger partial charge is 0.475 e. The van der Waals surface area contributed by atoms with Gasteiger partial charge in [0, 0.05) is 12.0 Å². The molecular weight excluding hydrogens is 238 g/mol. The number of aromatic carboxylic acids is 1. The van der Waals surface area contributed by atoms with Crippen molar-refractivity contribution < 1.29 is 23.9 Å². The molecule has 2 rings (SSSR count). The first kappa shape index (κ1) is 12.3.